The van der Waals surface area contributed by atoms with E-state index in [2.05, 4.69) is 26.0 Å². The van der Waals surface area contributed by atoms with E-state index in [0.29, 0.717) is 5.92 Å². The second kappa shape index (κ2) is 5.41. The zero-order chi connectivity index (χ0) is 11.3. The summed E-state index contributed by atoms with van der Waals surface area (Å²) in [6.45, 7) is 4.42. The van der Waals surface area contributed by atoms with Crippen LogP contribution in [0.3, 0.4) is 0 Å². The third-order valence-corrected chi connectivity index (χ3v) is 2.13. The van der Waals surface area contributed by atoms with Crippen LogP contribution in [0.25, 0.3) is 0 Å². The highest BCUT2D eigenvalue weighted by molar-refractivity contribution is 5.48. The maximum Gasteiger partial charge on any atom is 0.0569 e. The first kappa shape index (κ1) is 11.6. The van der Waals surface area contributed by atoms with Crippen LogP contribution in [0, 0.1) is 5.92 Å². The molecule has 0 spiro atoms. The molecular weight excluding hydrogens is 186 g/mol. The van der Waals surface area contributed by atoms with Gasteiger partial charge in [0.1, 0.15) is 0 Å². The molecule has 3 heteroatoms. The first-order valence-electron chi connectivity index (χ1n) is 5.14. The highest BCUT2D eigenvalue weighted by Crippen LogP contribution is 2.15. The number of hydrazine groups is 1. The number of hydrogen-bond acceptors (Lipinski definition) is 3. The Balaban J connectivity index is 2.71. The molecule has 4 N–H and O–H groups in total. The van der Waals surface area contributed by atoms with E-state index in [1.807, 2.05) is 12.1 Å². The van der Waals surface area contributed by atoms with Crippen molar-refractivity contribution in [1.29, 1.82) is 0 Å². The van der Waals surface area contributed by atoms with Gasteiger partial charge >= 0.3 is 0 Å². The van der Waals surface area contributed by atoms with E-state index in [4.69, 9.17) is 11.6 Å². The Morgan fingerprint density at radius 1 is 1.27 bits per heavy atom. The molecule has 0 saturated carbocycles. The third-order valence-electron chi connectivity index (χ3n) is 2.13. The van der Waals surface area contributed by atoms with Crippen molar-refractivity contribution in [2.24, 2.45) is 17.5 Å². The van der Waals surface area contributed by atoms with Gasteiger partial charge in [-0.1, -0.05) is 26.0 Å². The van der Waals surface area contributed by atoms with Gasteiger partial charge in [0.05, 0.1) is 5.69 Å². The Morgan fingerprint density at radius 3 is 2.33 bits per heavy atom. The lowest BCUT2D eigenvalue weighted by Crippen LogP contribution is -2.24. The molecule has 3 nitrogen and oxygen atoms in total. The average molecular weight is 205 g/mol. The fraction of sp³-hybridized carbons (Fsp3) is 0.333. The number of nitrogens with two attached hydrogens (primary N) is 2. The summed E-state index contributed by atoms with van der Waals surface area (Å²) in [6.07, 6.45) is 4.14. The lowest BCUT2D eigenvalue weighted by Gasteiger charge is -2.14. The smallest absolute Gasteiger partial charge is 0.0569 e. The molecule has 0 aliphatic heterocycles. The lowest BCUT2D eigenvalue weighted by atomic mass is 10.0. The maximum absolute atomic E-state index is 5.72. The van der Waals surface area contributed by atoms with Crippen molar-refractivity contribution >= 4 is 5.69 Å². The predicted octanol–water partition coefficient (Wildman–Crippen LogP) is 2.00. The van der Waals surface area contributed by atoms with Crippen LogP contribution in [0.5, 0.6) is 0 Å². The standard InChI is InChI=1S/C12H19N3/c1-10(2)9-11-3-5-12(6-4-11)15(14)8-7-13/h3-8,10H,9,13-14H2,1-2H3/b8-7-. The van der Waals surface area contributed by atoms with Gasteiger partial charge in [-0.15, -0.1) is 0 Å². The van der Waals surface area contributed by atoms with Crippen LogP contribution in [-0.2, 0) is 6.42 Å². The van der Waals surface area contributed by atoms with Crippen LogP contribution in [0.2, 0.25) is 0 Å². The molecule has 0 heterocycles. The van der Waals surface area contributed by atoms with Crippen LogP contribution < -0.4 is 16.6 Å². The van der Waals surface area contributed by atoms with Gasteiger partial charge in [0, 0.05) is 12.4 Å². The Labute approximate surface area is 91.3 Å². The quantitative estimate of drug-likeness (QED) is 0.584. The first-order valence-corrected chi connectivity index (χ1v) is 5.14. The summed E-state index contributed by atoms with van der Waals surface area (Å²) in [4.78, 5) is 0. The monoisotopic (exact) mass is 205 g/mol. The summed E-state index contributed by atoms with van der Waals surface area (Å²) in [6, 6.07) is 8.19. The summed E-state index contributed by atoms with van der Waals surface area (Å²) in [7, 11) is 0. The topological polar surface area (TPSA) is 55.3 Å². The second-order valence-electron chi connectivity index (χ2n) is 4.01. The van der Waals surface area contributed by atoms with Gasteiger partial charge in [0.2, 0.25) is 0 Å². The van der Waals surface area contributed by atoms with E-state index >= 15 is 0 Å². The fourth-order valence-electron chi connectivity index (χ4n) is 1.45. The molecular formula is C12H19N3. The fourth-order valence-corrected chi connectivity index (χ4v) is 1.45. The van der Waals surface area contributed by atoms with Crippen molar-refractivity contribution in [1.82, 2.24) is 0 Å². The van der Waals surface area contributed by atoms with E-state index in [1.54, 1.807) is 6.20 Å². The molecule has 1 aromatic carbocycles. The summed E-state index contributed by atoms with van der Waals surface area (Å²) >= 11 is 0. The van der Waals surface area contributed by atoms with E-state index in [0.717, 1.165) is 12.1 Å². The molecule has 0 amide bonds. The van der Waals surface area contributed by atoms with Gasteiger partial charge in [-0.2, -0.15) is 0 Å². The maximum atomic E-state index is 5.72. The second-order valence-corrected chi connectivity index (χ2v) is 4.01. The van der Waals surface area contributed by atoms with Crippen LogP contribution in [0.15, 0.2) is 36.7 Å². The largest absolute Gasteiger partial charge is 0.403 e. The number of nitrogens with zero attached hydrogens (tertiary/aromatic N) is 1. The molecule has 0 saturated heterocycles. The summed E-state index contributed by atoms with van der Waals surface area (Å²) in [5.41, 5.74) is 7.53. The number of hydrogen-bond donors (Lipinski definition) is 2. The first-order chi connectivity index (χ1) is 7.13. The minimum Gasteiger partial charge on any atom is -0.403 e. The number of benzene rings is 1. The van der Waals surface area contributed by atoms with Crippen LogP contribution in [0.4, 0.5) is 5.69 Å². The molecule has 15 heavy (non-hydrogen) atoms. The molecule has 1 rings (SSSR count). The van der Waals surface area contributed by atoms with Crippen LogP contribution >= 0.6 is 0 Å². The Bertz CT molecular complexity index is 314. The highest BCUT2D eigenvalue weighted by Gasteiger charge is 2.00. The van der Waals surface area contributed by atoms with Crippen molar-refractivity contribution < 1.29 is 0 Å². The Hall–Kier alpha value is -1.48. The van der Waals surface area contributed by atoms with Gasteiger partial charge < -0.3 is 5.73 Å². The zero-order valence-corrected chi connectivity index (χ0v) is 9.35. The molecule has 0 atom stereocenters. The SMILES string of the molecule is CC(C)Cc1ccc(N(N)/C=C\N)cc1. The highest BCUT2D eigenvalue weighted by atomic mass is 15.4. The zero-order valence-electron chi connectivity index (χ0n) is 9.35. The van der Waals surface area contributed by atoms with Gasteiger partial charge in [-0.05, 0) is 30.0 Å². The molecule has 0 aliphatic rings. The molecule has 0 aliphatic carbocycles. The molecule has 1 aromatic rings. The van der Waals surface area contributed by atoms with Crippen molar-refractivity contribution in [2.45, 2.75) is 20.3 Å². The van der Waals surface area contributed by atoms with Gasteiger partial charge in [0.25, 0.3) is 0 Å². The Kier molecular flexibility index (Phi) is 4.18. The lowest BCUT2D eigenvalue weighted by molar-refractivity contribution is 0.647. The minimum atomic E-state index is 0.675. The minimum absolute atomic E-state index is 0.675. The normalized spacial score (nSPS) is 11.2. The van der Waals surface area contributed by atoms with Gasteiger partial charge in [-0.3, -0.25) is 5.01 Å². The van der Waals surface area contributed by atoms with Crippen molar-refractivity contribution in [3.05, 3.63) is 42.2 Å². The van der Waals surface area contributed by atoms with Crippen LogP contribution in [-0.4, -0.2) is 0 Å². The van der Waals surface area contributed by atoms with E-state index in [1.165, 1.54) is 16.8 Å². The molecule has 0 unspecified atom stereocenters. The van der Waals surface area contributed by atoms with Gasteiger partial charge in [0.15, 0.2) is 0 Å². The third kappa shape index (κ3) is 3.64. The molecule has 0 fully saturated rings. The van der Waals surface area contributed by atoms with E-state index in [-0.39, 0.29) is 0 Å². The molecule has 0 radical (unpaired) electrons. The summed E-state index contributed by atoms with van der Waals surface area (Å²) in [5, 5.41) is 1.50. The Morgan fingerprint density at radius 2 is 1.87 bits per heavy atom. The van der Waals surface area contributed by atoms with Crippen molar-refractivity contribution in [2.75, 3.05) is 5.01 Å². The molecule has 82 valence electrons. The average Bonchev–Trinajstić information content (AvgIpc) is 2.18. The van der Waals surface area contributed by atoms with E-state index in [9.17, 15) is 0 Å². The van der Waals surface area contributed by atoms with E-state index < -0.39 is 0 Å². The van der Waals surface area contributed by atoms with Crippen molar-refractivity contribution in [3.8, 4) is 0 Å². The number of rotatable bonds is 4. The predicted molar refractivity (Wildman–Crippen MR) is 65.0 cm³/mol. The summed E-state index contributed by atoms with van der Waals surface area (Å²) < 4.78 is 0. The molecule has 0 bridgehead atoms. The number of anilines is 1. The van der Waals surface area contributed by atoms with Crippen LogP contribution in [0.1, 0.15) is 19.4 Å². The van der Waals surface area contributed by atoms with Crippen molar-refractivity contribution in [3.63, 3.8) is 0 Å². The van der Waals surface area contributed by atoms with Gasteiger partial charge in [-0.25, -0.2) is 5.84 Å². The molecule has 0 aromatic heterocycles. The summed E-state index contributed by atoms with van der Waals surface area (Å²) in [5.74, 6) is 6.40.